The molecule has 7 rings (SSSR count). The van der Waals surface area contributed by atoms with Crippen molar-refractivity contribution in [2.75, 3.05) is 20.0 Å². The number of rotatable bonds is 9. The summed E-state index contributed by atoms with van der Waals surface area (Å²) >= 11 is 1.26. The van der Waals surface area contributed by atoms with Gasteiger partial charge in [0.2, 0.25) is 6.79 Å². The fourth-order valence-corrected chi connectivity index (χ4v) is 6.96. The van der Waals surface area contributed by atoms with Crippen LogP contribution in [-0.4, -0.2) is 30.5 Å². The maximum Gasteiger partial charge on any atom is 0.338 e. The highest BCUT2D eigenvalue weighted by atomic mass is 32.1. The SMILES string of the molecule is CCOC(=O)C1=C(C)N=c2s/c(=C\c3ccc(OCc4cccc5ccccc45)c(OCC)c3)c(=O)n2[C@@H]1c1ccc2c(c1)OCO2. The summed E-state index contributed by atoms with van der Waals surface area (Å²) in [5.74, 6) is 1.82. The predicted molar refractivity (Wildman–Crippen MR) is 179 cm³/mol. The van der Waals surface area contributed by atoms with Crippen LogP contribution in [0.1, 0.15) is 43.5 Å². The molecular weight excluding hydrogens is 616 g/mol. The van der Waals surface area contributed by atoms with Crippen LogP contribution in [0.4, 0.5) is 0 Å². The molecule has 9 nitrogen and oxygen atoms in total. The lowest BCUT2D eigenvalue weighted by atomic mass is 9.95. The van der Waals surface area contributed by atoms with Gasteiger partial charge in [-0.15, -0.1) is 0 Å². The van der Waals surface area contributed by atoms with Gasteiger partial charge in [-0.25, -0.2) is 9.79 Å². The Morgan fingerprint density at radius 1 is 0.957 bits per heavy atom. The fourth-order valence-electron chi connectivity index (χ4n) is 5.92. The predicted octanol–water partition coefficient (Wildman–Crippen LogP) is 5.66. The average Bonchev–Trinajstić information content (AvgIpc) is 3.67. The van der Waals surface area contributed by atoms with Gasteiger partial charge in [-0.1, -0.05) is 65.9 Å². The first-order valence-corrected chi connectivity index (χ1v) is 16.2. The summed E-state index contributed by atoms with van der Waals surface area (Å²) in [4.78, 5) is 32.5. The first-order valence-electron chi connectivity index (χ1n) is 15.4. The lowest BCUT2D eigenvalue weighted by Gasteiger charge is -2.24. The third-order valence-corrected chi connectivity index (χ3v) is 9.04. The highest BCUT2D eigenvalue weighted by Gasteiger charge is 2.34. The number of nitrogens with zero attached hydrogens (tertiary/aromatic N) is 2. The van der Waals surface area contributed by atoms with Crippen molar-refractivity contribution in [1.29, 1.82) is 0 Å². The van der Waals surface area contributed by atoms with Gasteiger partial charge in [-0.3, -0.25) is 9.36 Å². The average molecular weight is 649 g/mol. The molecule has 10 heteroatoms. The van der Waals surface area contributed by atoms with Crippen LogP contribution >= 0.6 is 11.3 Å². The molecule has 0 N–H and O–H groups in total. The number of hydrogen-bond donors (Lipinski definition) is 0. The van der Waals surface area contributed by atoms with Gasteiger partial charge in [-0.05, 0) is 78.6 Å². The van der Waals surface area contributed by atoms with Gasteiger partial charge in [0.05, 0.1) is 35.1 Å². The Balaban J connectivity index is 1.26. The maximum absolute atomic E-state index is 14.1. The Labute approximate surface area is 274 Å². The van der Waals surface area contributed by atoms with Gasteiger partial charge in [0, 0.05) is 0 Å². The molecule has 4 aromatic carbocycles. The highest BCUT2D eigenvalue weighted by molar-refractivity contribution is 7.07. The monoisotopic (exact) mass is 648 g/mol. The Kier molecular flexibility index (Phi) is 8.26. The minimum atomic E-state index is -0.759. The van der Waals surface area contributed by atoms with E-state index in [0.29, 0.717) is 62.4 Å². The van der Waals surface area contributed by atoms with E-state index in [9.17, 15) is 9.59 Å². The van der Waals surface area contributed by atoms with Crippen molar-refractivity contribution in [2.24, 2.45) is 4.99 Å². The molecule has 0 aliphatic carbocycles. The van der Waals surface area contributed by atoms with Gasteiger partial charge in [0.15, 0.2) is 27.8 Å². The van der Waals surface area contributed by atoms with E-state index in [1.807, 2.05) is 49.4 Å². The molecule has 0 amide bonds. The summed E-state index contributed by atoms with van der Waals surface area (Å²) in [6.07, 6.45) is 1.81. The van der Waals surface area contributed by atoms with Crippen LogP contribution in [0.15, 0.2) is 99.9 Å². The third-order valence-electron chi connectivity index (χ3n) is 8.06. The number of aromatic nitrogens is 1. The number of allylic oxidation sites excluding steroid dienone is 1. The topological polar surface area (TPSA) is 97.6 Å². The lowest BCUT2D eigenvalue weighted by molar-refractivity contribution is -0.139. The second-order valence-corrected chi connectivity index (χ2v) is 12.0. The molecule has 0 bridgehead atoms. The van der Waals surface area contributed by atoms with Gasteiger partial charge in [-0.2, -0.15) is 0 Å². The molecule has 3 heterocycles. The van der Waals surface area contributed by atoms with Crippen molar-refractivity contribution in [2.45, 2.75) is 33.4 Å². The first-order chi connectivity index (χ1) is 22.9. The first kappa shape index (κ1) is 30.3. The van der Waals surface area contributed by atoms with Crippen LogP contribution < -0.4 is 33.8 Å². The van der Waals surface area contributed by atoms with E-state index < -0.39 is 12.0 Å². The van der Waals surface area contributed by atoms with E-state index in [0.717, 1.165) is 21.9 Å². The standard InChI is InChI=1S/C37H32N2O7S/c1-4-42-30-17-23(13-15-28(30)44-20-26-11-8-10-24-9-6-7-12-27(24)26)18-32-35(40)39-34(25-14-16-29-31(19-25)46-21-45-29)33(36(41)43-5-2)22(3)38-37(39)47-32/h6-19,34H,4-5,20-21H2,1-3H3/b32-18-/t34-/m1/s1. The summed E-state index contributed by atoms with van der Waals surface area (Å²) in [5.41, 5.74) is 3.04. The summed E-state index contributed by atoms with van der Waals surface area (Å²) in [5, 5.41) is 2.29. The van der Waals surface area contributed by atoms with E-state index in [-0.39, 0.29) is 19.0 Å². The lowest BCUT2D eigenvalue weighted by Crippen LogP contribution is -2.39. The molecule has 5 aromatic rings. The summed E-state index contributed by atoms with van der Waals surface area (Å²) < 4.78 is 30.8. The highest BCUT2D eigenvalue weighted by Crippen LogP contribution is 2.38. The van der Waals surface area contributed by atoms with E-state index in [4.69, 9.17) is 23.7 Å². The zero-order chi connectivity index (χ0) is 32.5. The zero-order valence-corrected chi connectivity index (χ0v) is 27.0. The van der Waals surface area contributed by atoms with Crippen molar-refractivity contribution < 1.29 is 28.5 Å². The van der Waals surface area contributed by atoms with E-state index in [1.165, 1.54) is 11.3 Å². The quantitative estimate of drug-likeness (QED) is 0.190. The third kappa shape index (κ3) is 5.76. The molecule has 47 heavy (non-hydrogen) atoms. The molecule has 1 atom stereocenters. The van der Waals surface area contributed by atoms with Crippen molar-refractivity contribution in [3.05, 3.63) is 127 Å². The van der Waals surface area contributed by atoms with E-state index >= 15 is 0 Å². The molecule has 1 aromatic heterocycles. The summed E-state index contributed by atoms with van der Waals surface area (Å²) in [7, 11) is 0. The van der Waals surface area contributed by atoms with Crippen molar-refractivity contribution in [3.8, 4) is 23.0 Å². The van der Waals surface area contributed by atoms with Crippen LogP contribution in [0.25, 0.3) is 16.8 Å². The summed E-state index contributed by atoms with van der Waals surface area (Å²) in [6.45, 7) is 6.54. The largest absolute Gasteiger partial charge is 0.490 e. The van der Waals surface area contributed by atoms with E-state index in [1.54, 1.807) is 36.6 Å². The van der Waals surface area contributed by atoms with Crippen molar-refractivity contribution >= 4 is 34.2 Å². The van der Waals surface area contributed by atoms with Crippen molar-refractivity contribution in [1.82, 2.24) is 4.57 Å². The molecule has 2 aliphatic heterocycles. The Hall–Kier alpha value is -5.35. The number of thiazole rings is 1. The number of esters is 1. The van der Waals surface area contributed by atoms with Crippen LogP contribution in [-0.2, 0) is 16.1 Å². The molecule has 0 fully saturated rings. The molecule has 0 saturated carbocycles. The number of carbonyl (C=O) groups excluding carboxylic acids is 1. The molecule has 0 unspecified atom stereocenters. The van der Waals surface area contributed by atoms with Crippen molar-refractivity contribution in [3.63, 3.8) is 0 Å². The smallest absolute Gasteiger partial charge is 0.338 e. The Morgan fingerprint density at radius 2 is 1.79 bits per heavy atom. The van der Waals surface area contributed by atoms with Crippen LogP contribution in [0.2, 0.25) is 0 Å². The maximum atomic E-state index is 14.1. The molecule has 0 saturated heterocycles. The molecule has 0 radical (unpaired) electrons. The van der Waals surface area contributed by atoms with Crippen LogP contribution in [0.3, 0.4) is 0 Å². The number of fused-ring (bicyclic) bond motifs is 3. The van der Waals surface area contributed by atoms with Gasteiger partial charge in [0.1, 0.15) is 6.61 Å². The Morgan fingerprint density at radius 3 is 2.64 bits per heavy atom. The van der Waals surface area contributed by atoms with Crippen LogP contribution in [0.5, 0.6) is 23.0 Å². The summed E-state index contributed by atoms with van der Waals surface area (Å²) in [6, 6.07) is 24.7. The molecule has 238 valence electrons. The molecule has 0 spiro atoms. The number of carbonyl (C=O) groups is 1. The van der Waals surface area contributed by atoms with Gasteiger partial charge in [0.25, 0.3) is 5.56 Å². The fraction of sp³-hybridized carbons (Fsp3) is 0.216. The van der Waals surface area contributed by atoms with E-state index in [2.05, 4.69) is 29.3 Å². The van der Waals surface area contributed by atoms with Gasteiger partial charge >= 0.3 is 5.97 Å². The molecular formula is C37H32N2O7S. The molecule has 2 aliphatic rings. The second-order valence-electron chi connectivity index (χ2n) is 11.0. The Bertz CT molecular complexity index is 2230. The van der Waals surface area contributed by atoms with Crippen LogP contribution in [0, 0.1) is 0 Å². The number of hydrogen-bond acceptors (Lipinski definition) is 9. The zero-order valence-electron chi connectivity index (χ0n) is 26.1. The normalized spacial score (nSPS) is 15.4. The number of ether oxygens (including phenoxy) is 5. The minimum Gasteiger partial charge on any atom is -0.490 e. The van der Waals surface area contributed by atoms with Gasteiger partial charge < -0.3 is 23.7 Å². The minimum absolute atomic E-state index is 0.109. The second kappa shape index (κ2) is 12.8. The number of benzene rings is 4.